The second-order valence-electron chi connectivity index (χ2n) is 7.59. The summed E-state index contributed by atoms with van der Waals surface area (Å²) >= 11 is 0. The van der Waals surface area contributed by atoms with Gasteiger partial charge in [0.25, 0.3) is 0 Å². The van der Waals surface area contributed by atoms with Gasteiger partial charge in [-0.2, -0.15) is 0 Å². The Hall–Kier alpha value is -2.89. The van der Waals surface area contributed by atoms with Gasteiger partial charge in [-0.25, -0.2) is 14.4 Å². The minimum atomic E-state index is -0.257. The molecule has 2 atom stereocenters. The van der Waals surface area contributed by atoms with Gasteiger partial charge in [0.1, 0.15) is 11.6 Å². The highest BCUT2D eigenvalue weighted by Crippen LogP contribution is 2.34. The van der Waals surface area contributed by atoms with Crippen molar-refractivity contribution in [3.8, 4) is 5.75 Å². The van der Waals surface area contributed by atoms with Gasteiger partial charge in [-0.3, -0.25) is 0 Å². The Bertz CT molecular complexity index is 993. The lowest BCUT2D eigenvalue weighted by Gasteiger charge is -2.40. The fourth-order valence-electron chi connectivity index (χ4n) is 4.52. The number of aromatic nitrogens is 2. The van der Waals surface area contributed by atoms with Crippen LogP contribution in [0.1, 0.15) is 19.3 Å². The molecular weight excluding hydrogens is 355 g/mol. The lowest BCUT2D eigenvalue weighted by molar-refractivity contribution is 0.414. The molecule has 0 aliphatic carbocycles. The van der Waals surface area contributed by atoms with Crippen LogP contribution in [0.2, 0.25) is 0 Å². The van der Waals surface area contributed by atoms with E-state index in [-0.39, 0.29) is 5.82 Å². The smallest absolute Gasteiger partial charge is 0.226 e. The number of halogens is 1. The van der Waals surface area contributed by atoms with E-state index in [0.29, 0.717) is 12.1 Å². The van der Waals surface area contributed by atoms with Crippen LogP contribution in [0.5, 0.6) is 5.75 Å². The van der Waals surface area contributed by atoms with Crippen LogP contribution in [-0.2, 0) is 0 Å². The van der Waals surface area contributed by atoms with Crippen LogP contribution in [0.3, 0.4) is 0 Å². The fourth-order valence-corrected chi connectivity index (χ4v) is 4.52. The Kier molecular flexibility index (Phi) is 4.26. The zero-order valence-electron chi connectivity index (χ0n) is 15.9. The van der Waals surface area contributed by atoms with Crippen LogP contribution in [0.15, 0.2) is 48.7 Å². The van der Waals surface area contributed by atoms with Crippen molar-refractivity contribution < 1.29 is 9.13 Å². The van der Waals surface area contributed by atoms with Gasteiger partial charge in [0, 0.05) is 42.4 Å². The zero-order chi connectivity index (χ0) is 19.1. The molecule has 0 unspecified atom stereocenters. The fraction of sp³-hybridized carbons (Fsp3) is 0.364. The number of hydrogen-bond acceptors (Lipinski definition) is 5. The van der Waals surface area contributed by atoms with Crippen LogP contribution >= 0.6 is 0 Å². The summed E-state index contributed by atoms with van der Waals surface area (Å²) in [6.07, 6.45) is 5.13. The first-order chi connectivity index (χ1) is 13.7. The maximum atomic E-state index is 13.4. The van der Waals surface area contributed by atoms with E-state index in [9.17, 15) is 4.39 Å². The number of piperidine rings is 1. The van der Waals surface area contributed by atoms with E-state index in [1.165, 1.54) is 24.2 Å². The molecule has 2 aromatic carbocycles. The van der Waals surface area contributed by atoms with Gasteiger partial charge >= 0.3 is 0 Å². The summed E-state index contributed by atoms with van der Waals surface area (Å²) in [5.41, 5.74) is 2.03. The highest BCUT2D eigenvalue weighted by Gasteiger charge is 2.36. The highest BCUT2D eigenvalue weighted by molar-refractivity contribution is 5.78. The molecule has 144 valence electrons. The van der Waals surface area contributed by atoms with Crippen LogP contribution < -0.4 is 14.5 Å². The van der Waals surface area contributed by atoms with E-state index in [1.807, 2.05) is 12.1 Å². The van der Waals surface area contributed by atoms with E-state index >= 15 is 0 Å². The predicted molar refractivity (Wildman–Crippen MR) is 109 cm³/mol. The minimum Gasteiger partial charge on any atom is -0.497 e. The molecule has 3 saturated heterocycles. The molecule has 3 aromatic rings. The second kappa shape index (κ2) is 6.93. The third-order valence-electron chi connectivity index (χ3n) is 6.02. The molecule has 0 radical (unpaired) electrons. The van der Waals surface area contributed by atoms with Crippen molar-refractivity contribution in [3.63, 3.8) is 0 Å². The monoisotopic (exact) mass is 378 g/mol. The molecule has 6 rings (SSSR count). The van der Waals surface area contributed by atoms with Crippen LogP contribution in [-0.4, -0.2) is 42.3 Å². The predicted octanol–water partition coefficient (Wildman–Crippen LogP) is 4.03. The number of nitrogens with zero attached hydrogens (tertiary/aromatic N) is 4. The Balaban J connectivity index is 1.43. The molecule has 0 saturated carbocycles. The summed E-state index contributed by atoms with van der Waals surface area (Å²) in [6.45, 7) is 1.90. The molecule has 5 nitrogen and oxygen atoms in total. The maximum absolute atomic E-state index is 13.4. The molecule has 0 amide bonds. The van der Waals surface area contributed by atoms with Gasteiger partial charge in [-0.1, -0.05) is 0 Å². The van der Waals surface area contributed by atoms with Crippen molar-refractivity contribution in [1.29, 1.82) is 0 Å². The van der Waals surface area contributed by atoms with Gasteiger partial charge in [0.2, 0.25) is 5.95 Å². The lowest BCUT2D eigenvalue weighted by atomic mass is 9.98. The number of hydrogen-bond donors (Lipinski definition) is 0. The number of fused-ring (bicyclic) bond motifs is 5. The topological polar surface area (TPSA) is 41.5 Å². The molecule has 0 N–H and O–H groups in total. The number of rotatable bonds is 3. The first-order valence-corrected chi connectivity index (χ1v) is 9.81. The van der Waals surface area contributed by atoms with Crippen molar-refractivity contribution in [2.24, 2.45) is 0 Å². The van der Waals surface area contributed by atoms with Gasteiger partial charge < -0.3 is 14.5 Å². The second-order valence-corrected chi connectivity index (χ2v) is 7.59. The van der Waals surface area contributed by atoms with E-state index in [2.05, 4.69) is 26.9 Å². The molecule has 3 aliphatic heterocycles. The molecule has 4 heterocycles. The van der Waals surface area contributed by atoms with E-state index in [4.69, 9.17) is 9.72 Å². The molecule has 1 aromatic heterocycles. The van der Waals surface area contributed by atoms with Crippen molar-refractivity contribution in [2.75, 3.05) is 30.0 Å². The lowest BCUT2D eigenvalue weighted by Crippen LogP contribution is -2.48. The molecule has 0 spiro atoms. The molecule has 3 fully saturated rings. The van der Waals surface area contributed by atoms with E-state index < -0.39 is 0 Å². The van der Waals surface area contributed by atoms with Crippen LogP contribution in [0.25, 0.3) is 10.9 Å². The first kappa shape index (κ1) is 17.2. The normalized spacial score (nSPS) is 21.8. The van der Waals surface area contributed by atoms with Gasteiger partial charge in [-0.15, -0.1) is 0 Å². The Morgan fingerprint density at radius 2 is 1.82 bits per heavy atom. The van der Waals surface area contributed by atoms with Crippen LogP contribution in [0, 0.1) is 5.82 Å². The maximum Gasteiger partial charge on any atom is 0.226 e. The number of benzene rings is 2. The van der Waals surface area contributed by atoms with Crippen molar-refractivity contribution in [1.82, 2.24) is 9.97 Å². The highest BCUT2D eigenvalue weighted by atomic mass is 19.1. The zero-order valence-corrected chi connectivity index (χ0v) is 15.9. The summed E-state index contributed by atoms with van der Waals surface area (Å²) in [5, 5.41) is 0.739. The summed E-state index contributed by atoms with van der Waals surface area (Å²) in [5.74, 6) is 1.38. The number of methoxy groups -OCH3 is 1. The molecule has 3 aliphatic rings. The SMILES string of the molecule is COc1ccc(N2C[C@@H]3CC[C@H]2CCN3c2ncc3cc(F)ccc3n2)cc1. The molecule has 6 heteroatoms. The number of ether oxygens (including phenoxy) is 1. The Morgan fingerprint density at radius 3 is 2.64 bits per heavy atom. The summed E-state index contributed by atoms with van der Waals surface area (Å²) in [6, 6.07) is 13.9. The molecule has 28 heavy (non-hydrogen) atoms. The first-order valence-electron chi connectivity index (χ1n) is 9.81. The average Bonchev–Trinajstić information content (AvgIpc) is 3.05. The van der Waals surface area contributed by atoms with Gasteiger partial charge in [0.15, 0.2) is 0 Å². The average molecular weight is 378 g/mol. The Morgan fingerprint density at radius 1 is 1.00 bits per heavy atom. The number of anilines is 2. The Labute approximate surface area is 163 Å². The largest absolute Gasteiger partial charge is 0.497 e. The third-order valence-corrected chi connectivity index (χ3v) is 6.02. The third kappa shape index (κ3) is 3.03. The minimum absolute atomic E-state index is 0.257. The van der Waals surface area contributed by atoms with E-state index in [0.717, 1.165) is 48.5 Å². The molecule has 2 bridgehead atoms. The van der Waals surface area contributed by atoms with Gasteiger partial charge in [-0.05, 0) is 61.7 Å². The summed E-state index contributed by atoms with van der Waals surface area (Å²) in [4.78, 5) is 14.2. The van der Waals surface area contributed by atoms with Crippen LogP contribution in [0.4, 0.5) is 16.0 Å². The summed E-state index contributed by atoms with van der Waals surface area (Å²) < 4.78 is 18.7. The van der Waals surface area contributed by atoms with E-state index in [1.54, 1.807) is 19.4 Å². The van der Waals surface area contributed by atoms with Gasteiger partial charge in [0.05, 0.1) is 12.6 Å². The molecular formula is C22H23FN4O. The van der Waals surface area contributed by atoms with Crippen molar-refractivity contribution >= 4 is 22.5 Å². The summed E-state index contributed by atoms with van der Waals surface area (Å²) in [7, 11) is 1.69. The quantitative estimate of drug-likeness (QED) is 0.688. The van der Waals surface area contributed by atoms with Crippen molar-refractivity contribution in [3.05, 3.63) is 54.5 Å². The van der Waals surface area contributed by atoms with Crippen molar-refractivity contribution in [2.45, 2.75) is 31.3 Å². The standard InChI is InChI=1S/C22H23FN4O/c1-28-20-7-5-17(6-8-20)27-14-19-4-3-18(27)10-11-26(19)22-24-13-15-12-16(23)2-9-21(15)25-22/h2,5-9,12-13,18-19H,3-4,10-11,14H2,1H3/t18-,19-/m0/s1.